The minimum absolute atomic E-state index is 0.0732. The van der Waals surface area contributed by atoms with Crippen molar-refractivity contribution in [1.82, 2.24) is 0 Å². The van der Waals surface area contributed by atoms with Gasteiger partial charge in [0.2, 0.25) is 0 Å². The van der Waals surface area contributed by atoms with Crippen LogP contribution in [0.5, 0.6) is 0 Å². The molecule has 0 aromatic heterocycles. The van der Waals surface area contributed by atoms with Crippen LogP contribution in [-0.2, 0) is 5.75 Å². The molecule has 0 aliphatic heterocycles. The van der Waals surface area contributed by atoms with E-state index < -0.39 is 11.7 Å². The standard InChI is InChI=1S/C7H8F2S/c8-10(9)6-7-4-2-1-3-5-7/h1-5,10H,6H2. The van der Waals surface area contributed by atoms with Crippen molar-refractivity contribution in [2.24, 2.45) is 0 Å². The maximum atomic E-state index is 11.8. The minimum Gasteiger partial charge on any atom is -0.161 e. The highest BCUT2D eigenvalue weighted by atomic mass is 32.3. The van der Waals surface area contributed by atoms with Crippen molar-refractivity contribution >= 4 is 11.7 Å². The molecule has 0 saturated heterocycles. The SMILES string of the molecule is F[SH](F)Cc1ccccc1. The van der Waals surface area contributed by atoms with Gasteiger partial charge in [-0.1, -0.05) is 30.3 Å². The summed E-state index contributed by atoms with van der Waals surface area (Å²) >= 11 is -2.78. The first-order valence-corrected chi connectivity index (χ1v) is 4.23. The molecule has 0 N–H and O–H groups in total. The summed E-state index contributed by atoms with van der Waals surface area (Å²) in [6.45, 7) is 0. The maximum Gasteiger partial charge on any atom is 0.0535 e. The fourth-order valence-electron chi connectivity index (χ4n) is 0.721. The van der Waals surface area contributed by atoms with Gasteiger partial charge in [-0.15, -0.1) is 0 Å². The number of hydrogen-bond donors (Lipinski definition) is 1. The molecule has 3 heteroatoms. The highest BCUT2D eigenvalue weighted by Crippen LogP contribution is 2.32. The molecule has 0 aliphatic carbocycles. The molecule has 0 aliphatic rings. The predicted molar refractivity (Wildman–Crippen MR) is 41.3 cm³/mol. The molecule has 56 valence electrons. The lowest BCUT2D eigenvalue weighted by Crippen LogP contribution is -1.77. The third-order valence-electron chi connectivity index (χ3n) is 1.14. The Morgan fingerprint density at radius 1 is 1.10 bits per heavy atom. The van der Waals surface area contributed by atoms with E-state index in [2.05, 4.69) is 0 Å². The van der Waals surface area contributed by atoms with Crippen LogP contribution in [0.3, 0.4) is 0 Å². The van der Waals surface area contributed by atoms with E-state index in [1.54, 1.807) is 24.3 Å². The number of rotatable bonds is 2. The van der Waals surface area contributed by atoms with Crippen LogP contribution in [0, 0.1) is 0 Å². The van der Waals surface area contributed by atoms with Crippen molar-refractivity contribution in [2.45, 2.75) is 5.75 Å². The van der Waals surface area contributed by atoms with Crippen molar-refractivity contribution in [3.8, 4) is 0 Å². The molecule has 1 aromatic carbocycles. The fraction of sp³-hybridized carbons (Fsp3) is 0.143. The Labute approximate surface area is 61.8 Å². The average Bonchev–Trinajstić information content (AvgIpc) is 1.88. The van der Waals surface area contributed by atoms with Crippen LogP contribution in [-0.4, -0.2) is 0 Å². The van der Waals surface area contributed by atoms with Gasteiger partial charge in [0.25, 0.3) is 0 Å². The van der Waals surface area contributed by atoms with Gasteiger partial charge < -0.3 is 0 Å². The minimum atomic E-state index is -2.78. The van der Waals surface area contributed by atoms with Crippen molar-refractivity contribution in [1.29, 1.82) is 0 Å². The second-order valence-corrected chi connectivity index (χ2v) is 2.87. The Balaban J connectivity index is 2.59. The highest BCUT2D eigenvalue weighted by molar-refractivity contribution is 8.07. The van der Waals surface area contributed by atoms with Crippen molar-refractivity contribution in [3.63, 3.8) is 0 Å². The summed E-state index contributed by atoms with van der Waals surface area (Å²) in [4.78, 5) is 0. The molecule has 0 saturated carbocycles. The summed E-state index contributed by atoms with van der Waals surface area (Å²) in [5, 5.41) is 0. The third kappa shape index (κ3) is 2.35. The average molecular weight is 162 g/mol. The van der Waals surface area contributed by atoms with Gasteiger partial charge in [-0.25, -0.2) is 0 Å². The zero-order chi connectivity index (χ0) is 7.40. The van der Waals surface area contributed by atoms with E-state index in [9.17, 15) is 7.77 Å². The molecule has 0 spiro atoms. The lowest BCUT2D eigenvalue weighted by molar-refractivity contribution is 0.777. The molecule has 0 bridgehead atoms. The molecule has 0 amide bonds. The topological polar surface area (TPSA) is 0 Å². The fourth-order valence-corrected chi connectivity index (χ4v) is 1.21. The van der Waals surface area contributed by atoms with Gasteiger partial charge in [-0.05, 0) is 5.56 Å². The van der Waals surface area contributed by atoms with Crippen LogP contribution in [0.1, 0.15) is 5.56 Å². The smallest absolute Gasteiger partial charge is 0.0535 e. The molecule has 10 heavy (non-hydrogen) atoms. The number of thiol groups is 1. The summed E-state index contributed by atoms with van der Waals surface area (Å²) in [5.74, 6) is -0.0732. The summed E-state index contributed by atoms with van der Waals surface area (Å²) in [6, 6.07) is 8.80. The van der Waals surface area contributed by atoms with E-state index in [-0.39, 0.29) is 5.75 Å². The van der Waals surface area contributed by atoms with Crippen molar-refractivity contribution < 1.29 is 7.77 Å². The first kappa shape index (κ1) is 7.54. The Morgan fingerprint density at radius 3 is 2.20 bits per heavy atom. The summed E-state index contributed by atoms with van der Waals surface area (Å²) in [7, 11) is 0. The van der Waals surface area contributed by atoms with E-state index in [4.69, 9.17) is 0 Å². The Kier molecular flexibility index (Phi) is 2.68. The predicted octanol–water partition coefficient (Wildman–Crippen LogP) is 2.96. The van der Waals surface area contributed by atoms with Crippen LogP contribution in [0.2, 0.25) is 0 Å². The second kappa shape index (κ2) is 3.56. The Bertz CT molecular complexity index is 186. The number of halogens is 2. The van der Waals surface area contributed by atoms with E-state index >= 15 is 0 Å². The van der Waals surface area contributed by atoms with Gasteiger partial charge in [0, 0.05) is 0 Å². The van der Waals surface area contributed by atoms with Crippen molar-refractivity contribution in [2.75, 3.05) is 0 Å². The molecule has 0 unspecified atom stereocenters. The summed E-state index contributed by atoms with van der Waals surface area (Å²) in [5.41, 5.74) is 0.721. The Morgan fingerprint density at radius 2 is 1.70 bits per heavy atom. The molecule has 0 radical (unpaired) electrons. The van der Waals surface area contributed by atoms with Crippen LogP contribution in [0.25, 0.3) is 0 Å². The number of hydrogen-bond acceptors (Lipinski definition) is 0. The van der Waals surface area contributed by atoms with Gasteiger partial charge in [0.05, 0.1) is 17.4 Å². The molecule has 0 fully saturated rings. The van der Waals surface area contributed by atoms with Gasteiger partial charge in [-0.3, -0.25) is 0 Å². The summed E-state index contributed by atoms with van der Waals surface area (Å²) < 4.78 is 23.6. The zero-order valence-electron chi connectivity index (χ0n) is 5.30. The third-order valence-corrected chi connectivity index (χ3v) is 1.75. The largest absolute Gasteiger partial charge is 0.161 e. The van der Waals surface area contributed by atoms with Crippen LogP contribution in [0.15, 0.2) is 30.3 Å². The first-order valence-electron chi connectivity index (χ1n) is 2.92. The first-order chi connectivity index (χ1) is 4.79. The molecule has 0 heterocycles. The van der Waals surface area contributed by atoms with Gasteiger partial charge in [0.1, 0.15) is 0 Å². The quantitative estimate of drug-likeness (QED) is 0.635. The lowest BCUT2D eigenvalue weighted by Gasteiger charge is -1.99. The van der Waals surface area contributed by atoms with Crippen LogP contribution in [0.4, 0.5) is 7.77 Å². The maximum absolute atomic E-state index is 11.8. The van der Waals surface area contributed by atoms with E-state index in [0.717, 1.165) is 5.56 Å². The van der Waals surface area contributed by atoms with Crippen LogP contribution >= 0.6 is 11.7 Å². The molecule has 0 atom stereocenters. The molecule has 1 aromatic rings. The van der Waals surface area contributed by atoms with Gasteiger partial charge >= 0.3 is 0 Å². The highest BCUT2D eigenvalue weighted by Gasteiger charge is 1.97. The lowest BCUT2D eigenvalue weighted by atomic mass is 10.2. The second-order valence-electron chi connectivity index (χ2n) is 1.95. The molecular weight excluding hydrogens is 154 g/mol. The normalized spacial score (nSPS) is 11.2. The van der Waals surface area contributed by atoms with E-state index in [0.29, 0.717) is 0 Å². The summed E-state index contributed by atoms with van der Waals surface area (Å²) in [6.07, 6.45) is 0. The Hall–Kier alpha value is -0.570. The molecular formula is C7H8F2S. The van der Waals surface area contributed by atoms with E-state index in [1.807, 2.05) is 6.07 Å². The van der Waals surface area contributed by atoms with Gasteiger partial charge in [0.15, 0.2) is 0 Å². The van der Waals surface area contributed by atoms with E-state index in [1.165, 1.54) is 0 Å². The van der Waals surface area contributed by atoms with Gasteiger partial charge in [-0.2, -0.15) is 7.77 Å². The van der Waals surface area contributed by atoms with Crippen LogP contribution < -0.4 is 0 Å². The monoisotopic (exact) mass is 162 g/mol. The zero-order valence-corrected chi connectivity index (χ0v) is 6.19. The molecule has 0 nitrogen and oxygen atoms in total. The molecule has 1 rings (SSSR count). The van der Waals surface area contributed by atoms with Crippen molar-refractivity contribution in [3.05, 3.63) is 35.9 Å². The number of benzene rings is 1.